The van der Waals surface area contributed by atoms with Crippen LogP contribution in [-0.2, 0) is 0 Å². The van der Waals surface area contributed by atoms with Gasteiger partial charge in [0.2, 0.25) is 0 Å². The molecule has 0 aliphatic heterocycles. The van der Waals surface area contributed by atoms with Crippen molar-refractivity contribution in [3.8, 4) is 5.75 Å². The molecular weight excluding hydrogens is 353 g/mol. The molecule has 0 N–H and O–H groups in total. The molecule has 1 aliphatic carbocycles. The Morgan fingerprint density at radius 2 is 1.96 bits per heavy atom. The lowest BCUT2D eigenvalue weighted by Gasteiger charge is -2.33. The second-order valence-electron chi connectivity index (χ2n) is 8.38. The third-order valence-corrected chi connectivity index (χ3v) is 5.48. The monoisotopic (exact) mass is 385 g/mol. The first-order valence-corrected chi connectivity index (χ1v) is 9.73. The van der Waals surface area contributed by atoms with Crippen molar-refractivity contribution in [1.29, 1.82) is 0 Å². The van der Waals surface area contributed by atoms with Crippen molar-refractivity contribution < 1.29 is 13.9 Å². The summed E-state index contributed by atoms with van der Waals surface area (Å²) in [7, 11) is 4.85. The fourth-order valence-corrected chi connectivity index (χ4v) is 3.77. The Bertz CT molecular complexity index is 844. The molecule has 0 atom stereocenters. The van der Waals surface area contributed by atoms with Gasteiger partial charge in [-0.2, -0.15) is 0 Å². The number of rotatable bonds is 5. The molecule has 4 heteroatoms. The Balaban J connectivity index is 2.39. The van der Waals surface area contributed by atoms with Crippen LogP contribution in [0, 0.1) is 5.41 Å². The van der Waals surface area contributed by atoms with Crippen LogP contribution in [0.3, 0.4) is 0 Å². The van der Waals surface area contributed by atoms with Gasteiger partial charge in [-0.15, -0.1) is 0 Å². The van der Waals surface area contributed by atoms with E-state index in [0.29, 0.717) is 22.4 Å². The third kappa shape index (κ3) is 4.73. The summed E-state index contributed by atoms with van der Waals surface area (Å²) >= 11 is 0. The standard InChI is InChI=1S/C24H32FNO2/c1-16-9-8-14-24(3,4)20(16)13-10-17(2)22(25)19-12-11-18(15-21(19)28-7)23(27)26(5)6/h10-13,15H,8-9,14H2,1-7H3. The zero-order chi connectivity index (χ0) is 21.1. The molecule has 0 aromatic heterocycles. The van der Waals surface area contributed by atoms with Crippen LogP contribution >= 0.6 is 0 Å². The average Bonchev–Trinajstić information content (AvgIpc) is 2.65. The number of methoxy groups -OCH3 is 1. The molecule has 0 spiro atoms. The summed E-state index contributed by atoms with van der Waals surface area (Å²) in [6, 6.07) is 4.83. The Hall–Kier alpha value is -2.36. The number of benzene rings is 1. The molecule has 152 valence electrons. The van der Waals surface area contributed by atoms with Crippen LogP contribution < -0.4 is 4.74 Å². The second kappa shape index (κ2) is 8.76. The molecule has 1 aromatic carbocycles. The van der Waals surface area contributed by atoms with E-state index in [-0.39, 0.29) is 17.1 Å². The van der Waals surface area contributed by atoms with Crippen LogP contribution in [0.15, 0.2) is 47.1 Å². The van der Waals surface area contributed by atoms with Crippen molar-refractivity contribution in [3.05, 3.63) is 58.2 Å². The molecule has 3 nitrogen and oxygen atoms in total. The number of allylic oxidation sites excluding steroid dienone is 5. The van der Waals surface area contributed by atoms with Crippen molar-refractivity contribution in [2.45, 2.75) is 47.0 Å². The number of halogens is 1. The minimum atomic E-state index is -0.344. The zero-order valence-corrected chi connectivity index (χ0v) is 18.1. The van der Waals surface area contributed by atoms with Crippen LogP contribution in [0.5, 0.6) is 5.75 Å². The summed E-state index contributed by atoms with van der Waals surface area (Å²) in [6.45, 7) is 8.41. The van der Waals surface area contributed by atoms with Crippen LogP contribution in [0.1, 0.15) is 62.9 Å². The highest BCUT2D eigenvalue weighted by molar-refractivity contribution is 5.95. The van der Waals surface area contributed by atoms with E-state index >= 15 is 4.39 Å². The molecule has 0 saturated carbocycles. The van der Waals surface area contributed by atoms with Crippen LogP contribution in [-0.4, -0.2) is 32.0 Å². The van der Waals surface area contributed by atoms with E-state index in [0.717, 1.165) is 12.8 Å². The number of carbonyl (C=O) groups excluding carboxylic acids is 1. The van der Waals surface area contributed by atoms with Gasteiger partial charge >= 0.3 is 0 Å². The first-order chi connectivity index (χ1) is 13.1. The Morgan fingerprint density at radius 3 is 2.54 bits per heavy atom. The van der Waals surface area contributed by atoms with Gasteiger partial charge in [0.25, 0.3) is 5.91 Å². The predicted molar refractivity (Wildman–Crippen MR) is 114 cm³/mol. The second-order valence-corrected chi connectivity index (χ2v) is 8.38. The Labute approximate surface area is 168 Å². The minimum Gasteiger partial charge on any atom is -0.496 e. The molecule has 0 radical (unpaired) electrons. The van der Waals surface area contributed by atoms with Gasteiger partial charge in [-0.1, -0.05) is 31.6 Å². The fraction of sp³-hybridized carbons (Fsp3) is 0.458. The molecule has 0 fully saturated rings. The van der Waals surface area contributed by atoms with Gasteiger partial charge in [0.15, 0.2) is 0 Å². The lowest BCUT2D eigenvalue weighted by Crippen LogP contribution is -2.21. The Morgan fingerprint density at radius 1 is 1.29 bits per heavy atom. The summed E-state index contributed by atoms with van der Waals surface area (Å²) in [6.07, 6.45) is 7.35. The minimum absolute atomic E-state index is 0.113. The first-order valence-electron chi connectivity index (χ1n) is 9.73. The van der Waals surface area contributed by atoms with Gasteiger partial charge in [-0.3, -0.25) is 4.79 Å². The molecule has 0 unspecified atom stereocenters. The highest BCUT2D eigenvalue weighted by Crippen LogP contribution is 2.41. The van der Waals surface area contributed by atoms with Crippen molar-refractivity contribution in [2.24, 2.45) is 5.41 Å². The van der Waals surface area contributed by atoms with Crippen molar-refractivity contribution >= 4 is 11.7 Å². The van der Waals surface area contributed by atoms with Gasteiger partial charge in [-0.05, 0) is 67.9 Å². The molecule has 28 heavy (non-hydrogen) atoms. The first kappa shape index (κ1) is 21.9. The van der Waals surface area contributed by atoms with E-state index in [9.17, 15) is 4.79 Å². The van der Waals surface area contributed by atoms with Crippen LogP contribution in [0.25, 0.3) is 5.83 Å². The van der Waals surface area contributed by atoms with Crippen molar-refractivity contribution in [1.82, 2.24) is 4.90 Å². The molecule has 0 bridgehead atoms. The highest BCUT2D eigenvalue weighted by atomic mass is 19.1. The normalized spacial score (nSPS) is 17.6. The maximum absolute atomic E-state index is 15.1. The third-order valence-electron chi connectivity index (χ3n) is 5.48. The lowest BCUT2D eigenvalue weighted by atomic mass is 9.72. The van der Waals surface area contributed by atoms with E-state index < -0.39 is 0 Å². The number of hydrogen-bond donors (Lipinski definition) is 0. The van der Waals surface area contributed by atoms with Gasteiger partial charge in [0.1, 0.15) is 11.6 Å². The van der Waals surface area contributed by atoms with Crippen molar-refractivity contribution in [2.75, 3.05) is 21.2 Å². The Kier molecular flexibility index (Phi) is 6.87. The summed E-state index contributed by atoms with van der Waals surface area (Å²) in [5.41, 5.74) is 4.15. The van der Waals surface area contributed by atoms with Gasteiger partial charge in [0, 0.05) is 19.7 Å². The zero-order valence-electron chi connectivity index (χ0n) is 18.1. The fourth-order valence-electron chi connectivity index (χ4n) is 3.77. The molecule has 1 amide bonds. The molecule has 1 aromatic rings. The van der Waals surface area contributed by atoms with Gasteiger partial charge in [-0.25, -0.2) is 4.39 Å². The number of amides is 1. The summed E-state index contributed by atoms with van der Waals surface area (Å²) in [5, 5.41) is 0. The quantitative estimate of drug-likeness (QED) is 0.566. The number of hydrogen-bond acceptors (Lipinski definition) is 2. The number of ether oxygens (including phenoxy) is 1. The summed E-state index contributed by atoms with van der Waals surface area (Å²) < 4.78 is 20.5. The summed E-state index contributed by atoms with van der Waals surface area (Å²) in [4.78, 5) is 13.6. The maximum atomic E-state index is 15.1. The van der Waals surface area contributed by atoms with Crippen LogP contribution in [0.4, 0.5) is 4.39 Å². The molecule has 1 aliphatic rings. The van der Waals surface area contributed by atoms with E-state index in [4.69, 9.17) is 4.74 Å². The van der Waals surface area contributed by atoms with E-state index in [1.165, 1.54) is 29.6 Å². The molecule has 0 heterocycles. The van der Waals surface area contributed by atoms with E-state index in [2.05, 4.69) is 26.8 Å². The average molecular weight is 386 g/mol. The number of carbonyl (C=O) groups is 1. The van der Waals surface area contributed by atoms with Gasteiger partial charge in [0.05, 0.1) is 12.7 Å². The molecular formula is C24H32FNO2. The SMILES string of the molecule is COc1cc(C(=O)N(C)C)ccc1C(F)=C(C)C=CC1=C(C)CCCC1(C)C. The highest BCUT2D eigenvalue weighted by Gasteiger charge is 2.26. The molecule has 2 rings (SSSR count). The lowest BCUT2D eigenvalue weighted by molar-refractivity contribution is 0.0827. The van der Waals surface area contributed by atoms with Crippen LogP contribution in [0.2, 0.25) is 0 Å². The van der Waals surface area contributed by atoms with E-state index in [1.54, 1.807) is 39.2 Å². The maximum Gasteiger partial charge on any atom is 0.253 e. The summed E-state index contributed by atoms with van der Waals surface area (Å²) in [5.74, 6) is -0.136. The van der Waals surface area contributed by atoms with Crippen molar-refractivity contribution in [3.63, 3.8) is 0 Å². The molecule has 0 saturated heterocycles. The number of nitrogens with zero attached hydrogens (tertiary/aromatic N) is 1. The van der Waals surface area contributed by atoms with E-state index in [1.807, 2.05) is 6.08 Å². The smallest absolute Gasteiger partial charge is 0.253 e. The largest absolute Gasteiger partial charge is 0.496 e. The topological polar surface area (TPSA) is 29.5 Å². The van der Waals surface area contributed by atoms with Gasteiger partial charge < -0.3 is 9.64 Å². The predicted octanol–water partition coefficient (Wildman–Crippen LogP) is 6.18.